The van der Waals surface area contributed by atoms with Crippen molar-refractivity contribution < 1.29 is 5.11 Å². The number of aliphatic hydroxyl groups excluding tert-OH is 1. The minimum atomic E-state index is -0.113. The topological polar surface area (TPSA) is 20.2 Å². The fourth-order valence-corrected chi connectivity index (χ4v) is 2.05. The Kier molecular flexibility index (Phi) is 3.38. The fraction of sp³-hybridized carbons (Fsp3) is 1.00. The Morgan fingerprint density at radius 3 is 2.09 bits per heavy atom. The van der Waals surface area contributed by atoms with Crippen LogP contribution in [-0.2, 0) is 0 Å². The molecule has 0 amide bonds. The lowest BCUT2D eigenvalue weighted by Crippen LogP contribution is -2.24. The molecule has 0 aliphatic heterocycles. The van der Waals surface area contributed by atoms with E-state index in [1.165, 1.54) is 32.1 Å². The average molecular weight is 156 g/mol. The highest BCUT2D eigenvalue weighted by Crippen LogP contribution is 2.31. The zero-order chi connectivity index (χ0) is 8.27. The van der Waals surface area contributed by atoms with Crippen molar-refractivity contribution in [1.82, 2.24) is 0 Å². The Labute approximate surface area is 69.8 Å². The van der Waals surface area contributed by atoms with Crippen molar-refractivity contribution in [3.05, 3.63) is 0 Å². The van der Waals surface area contributed by atoms with Gasteiger partial charge in [0.05, 0.1) is 6.10 Å². The Bertz CT molecular complexity index is 103. The molecule has 2 atom stereocenters. The third kappa shape index (κ3) is 2.48. The highest BCUT2D eigenvalue weighted by Gasteiger charge is 2.22. The summed E-state index contributed by atoms with van der Waals surface area (Å²) in [6, 6.07) is 0. The quantitative estimate of drug-likeness (QED) is 0.651. The van der Waals surface area contributed by atoms with Gasteiger partial charge in [-0.15, -0.1) is 0 Å². The van der Waals surface area contributed by atoms with E-state index in [9.17, 15) is 5.11 Å². The van der Waals surface area contributed by atoms with E-state index >= 15 is 0 Å². The van der Waals surface area contributed by atoms with Crippen LogP contribution >= 0.6 is 0 Å². The summed E-state index contributed by atoms with van der Waals surface area (Å²) >= 11 is 0. The Morgan fingerprint density at radius 2 is 1.64 bits per heavy atom. The monoisotopic (exact) mass is 156 g/mol. The minimum absolute atomic E-state index is 0.113. The molecule has 1 N–H and O–H groups in total. The Hall–Kier alpha value is -0.0400. The maximum absolute atomic E-state index is 9.37. The Balaban J connectivity index is 2.32. The predicted molar refractivity (Wildman–Crippen MR) is 47.4 cm³/mol. The van der Waals surface area contributed by atoms with Crippen LogP contribution in [0.1, 0.15) is 46.0 Å². The molecule has 1 aliphatic carbocycles. The smallest absolute Gasteiger partial charge is 0.0540 e. The molecule has 1 fully saturated rings. The van der Waals surface area contributed by atoms with E-state index in [1.807, 2.05) is 6.92 Å². The van der Waals surface area contributed by atoms with E-state index in [2.05, 4.69) is 6.92 Å². The van der Waals surface area contributed by atoms with Crippen LogP contribution in [0.15, 0.2) is 0 Å². The van der Waals surface area contributed by atoms with Gasteiger partial charge < -0.3 is 5.11 Å². The maximum Gasteiger partial charge on any atom is 0.0540 e. The first-order chi connectivity index (χ1) is 5.22. The second-order valence-electron chi connectivity index (χ2n) is 4.00. The molecule has 11 heavy (non-hydrogen) atoms. The van der Waals surface area contributed by atoms with Gasteiger partial charge in [-0.2, -0.15) is 0 Å². The summed E-state index contributed by atoms with van der Waals surface area (Å²) in [5, 5.41) is 9.37. The molecular formula is C10H20O. The number of aliphatic hydroxyl groups is 1. The molecule has 0 bridgehead atoms. The molecule has 0 heterocycles. The molecule has 0 aromatic rings. The molecule has 0 aromatic carbocycles. The van der Waals surface area contributed by atoms with Crippen molar-refractivity contribution in [1.29, 1.82) is 0 Å². The van der Waals surface area contributed by atoms with Crippen molar-refractivity contribution in [3.8, 4) is 0 Å². The molecule has 0 spiro atoms. The lowest BCUT2D eigenvalue weighted by molar-refractivity contribution is 0.0835. The van der Waals surface area contributed by atoms with Gasteiger partial charge in [-0.05, 0) is 18.8 Å². The van der Waals surface area contributed by atoms with Crippen molar-refractivity contribution in [2.45, 2.75) is 52.1 Å². The summed E-state index contributed by atoms with van der Waals surface area (Å²) in [7, 11) is 0. The van der Waals surface area contributed by atoms with Crippen LogP contribution < -0.4 is 0 Å². The van der Waals surface area contributed by atoms with Gasteiger partial charge in [0, 0.05) is 0 Å². The second-order valence-corrected chi connectivity index (χ2v) is 4.00. The minimum Gasteiger partial charge on any atom is -0.393 e. The zero-order valence-electron chi connectivity index (χ0n) is 7.71. The number of hydrogen-bond acceptors (Lipinski definition) is 1. The van der Waals surface area contributed by atoms with E-state index in [4.69, 9.17) is 0 Å². The maximum atomic E-state index is 9.37. The first-order valence-electron chi connectivity index (χ1n) is 4.90. The SMILES string of the molecule is C[C@@H](O)[C@@H](C)C1CCCCC1. The third-order valence-electron chi connectivity index (χ3n) is 3.15. The number of rotatable bonds is 2. The molecule has 1 rings (SSSR count). The molecular weight excluding hydrogens is 136 g/mol. The molecule has 0 unspecified atom stereocenters. The summed E-state index contributed by atoms with van der Waals surface area (Å²) < 4.78 is 0. The van der Waals surface area contributed by atoms with Crippen LogP contribution in [-0.4, -0.2) is 11.2 Å². The normalized spacial score (nSPS) is 26.5. The van der Waals surface area contributed by atoms with Crippen LogP contribution in [0.2, 0.25) is 0 Å². The molecule has 66 valence electrons. The third-order valence-corrected chi connectivity index (χ3v) is 3.15. The van der Waals surface area contributed by atoms with Gasteiger partial charge in [-0.25, -0.2) is 0 Å². The van der Waals surface area contributed by atoms with Crippen molar-refractivity contribution in [3.63, 3.8) is 0 Å². The predicted octanol–water partition coefficient (Wildman–Crippen LogP) is 2.58. The van der Waals surface area contributed by atoms with Crippen LogP contribution in [0.4, 0.5) is 0 Å². The molecule has 1 aliphatic rings. The largest absolute Gasteiger partial charge is 0.393 e. The van der Waals surface area contributed by atoms with E-state index < -0.39 is 0 Å². The van der Waals surface area contributed by atoms with Crippen molar-refractivity contribution in [2.75, 3.05) is 0 Å². The van der Waals surface area contributed by atoms with E-state index in [1.54, 1.807) is 0 Å². The summed E-state index contributed by atoms with van der Waals surface area (Å²) in [5.74, 6) is 1.30. The summed E-state index contributed by atoms with van der Waals surface area (Å²) in [4.78, 5) is 0. The van der Waals surface area contributed by atoms with Crippen LogP contribution in [0, 0.1) is 11.8 Å². The van der Waals surface area contributed by atoms with E-state index in [0.717, 1.165) is 5.92 Å². The first-order valence-corrected chi connectivity index (χ1v) is 4.90. The molecule has 0 saturated heterocycles. The molecule has 0 radical (unpaired) electrons. The standard InChI is InChI=1S/C10H20O/c1-8(9(2)11)10-6-4-3-5-7-10/h8-11H,3-7H2,1-2H3/t8-,9-/m1/s1. The van der Waals surface area contributed by atoms with Gasteiger partial charge in [-0.1, -0.05) is 39.0 Å². The molecule has 1 heteroatoms. The van der Waals surface area contributed by atoms with Crippen LogP contribution in [0.5, 0.6) is 0 Å². The molecule has 1 saturated carbocycles. The van der Waals surface area contributed by atoms with Gasteiger partial charge in [-0.3, -0.25) is 0 Å². The van der Waals surface area contributed by atoms with Gasteiger partial charge >= 0.3 is 0 Å². The van der Waals surface area contributed by atoms with Crippen molar-refractivity contribution >= 4 is 0 Å². The van der Waals surface area contributed by atoms with Crippen LogP contribution in [0.3, 0.4) is 0 Å². The van der Waals surface area contributed by atoms with E-state index in [-0.39, 0.29) is 6.10 Å². The van der Waals surface area contributed by atoms with Gasteiger partial charge in [0.2, 0.25) is 0 Å². The van der Waals surface area contributed by atoms with Gasteiger partial charge in [0.1, 0.15) is 0 Å². The summed E-state index contributed by atoms with van der Waals surface area (Å²) in [5.41, 5.74) is 0. The first kappa shape index (κ1) is 9.05. The summed E-state index contributed by atoms with van der Waals surface area (Å²) in [6.07, 6.45) is 6.73. The second kappa shape index (κ2) is 4.10. The zero-order valence-corrected chi connectivity index (χ0v) is 7.71. The van der Waals surface area contributed by atoms with Gasteiger partial charge in [0.15, 0.2) is 0 Å². The van der Waals surface area contributed by atoms with E-state index in [0.29, 0.717) is 5.92 Å². The fourth-order valence-electron chi connectivity index (χ4n) is 2.05. The highest BCUT2D eigenvalue weighted by atomic mass is 16.3. The molecule has 1 nitrogen and oxygen atoms in total. The highest BCUT2D eigenvalue weighted by molar-refractivity contribution is 4.73. The average Bonchev–Trinajstić information content (AvgIpc) is 2.05. The molecule has 0 aromatic heterocycles. The van der Waals surface area contributed by atoms with Gasteiger partial charge in [0.25, 0.3) is 0 Å². The Morgan fingerprint density at radius 1 is 1.09 bits per heavy atom. The van der Waals surface area contributed by atoms with Crippen molar-refractivity contribution in [2.24, 2.45) is 11.8 Å². The van der Waals surface area contributed by atoms with Crippen LogP contribution in [0.25, 0.3) is 0 Å². The summed E-state index contributed by atoms with van der Waals surface area (Å²) in [6.45, 7) is 4.10. The number of hydrogen-bond donors (Lipinski definition) is 1. The lowest BCUT2D eigenvalue weighted by atomic mass is 9.79. The lowest BCUT2D eigenvalue weighted by Gasteiger charge is -2.29.